The zero-order chi connectivity index (χ0) is 13.1. The van der Waals surface area contributed by atoms with Crippen molar-refractivity contribution < 1.29 is 14.3 Å². The van der Waals surface area contributed by atoms with E-state index in [0.29, 0.717) is 5.69 Å². The number of aryl methyl sites for hydroxylation is 1. The number of esters is 1. The Morgan fingerprint density at radius 1 is 1.41 bits per heavy atom. The molecule has 0 aromatic carbocycles. The van der Waals surface area contributed by atoms with E-state index in [9.17, 15) is 9.59 Å². The zero-order valence-electron chi connectivity index (χ0n) is 10.6. The third-order valence-electron chi connectivity index (χ3n) is 2.19. The number of rotatable bonds is 4. The summed E-state index contributed by atoms with van der Waals surface area (Å²) in [4.78, 5) is 27.1. The van der Waals surface area contributed by atoms with Crippen LogP contribution < -0.4 is 0 Å². The molecule has 0 radical (unpaired) electrons. The summed E-state index contributed by atoms with van der Waals surface area (Å²) in [5.74, 6) is -0.492. The highest BCUT2D eigenvalue weighted by Gasteiger charge is 2.22. The van der Waals surface area contributed by atoms with Gasteiger partial charge in [0.25, 0.3) is 0 Å². The second-order valence-corrected chi connectivity index (χ2v) is 5.93. The molecule has 0 N–H and O–H groups in total. The van der Waals surface area contributed by atoms with Crippen molar-refractivity contribution in [2.75, 3.05) is 6.61 Å². The number of nitrogens with zero attached hydrogens (tertiary/aromatic N) is 1. The Morgan fingerprint density at radius 3 is 2.53 bits per heavy atom. The molecule has 0 amide bonds. The minimum Gasteiger partial charge on any atom is -0.457 e. The van der Waals surface area contributed by atoms with Gasteiger partial charge in [0.15, 0.2) is 12.4 Å². The standard InChI is InChI=1S/C12H17NO3S/c1-8-13-9(7-17-8)5-11(15)16-6-10(14)12(2,3)4/h7H,5-6H2,1-4H3. The van der Waals surface area contributed by atoms with Crippen molar-refractivity contribution in [1.82, 2.24) is 4.98 Å². The van der Waals surface area contributed by atoms with Crippen LogP contribution in [0, 0.1) is 12.3 Å². The summed E-state index contributed by atoms with van der Waals surface area (Å²) in [7, 11) is 0. The maximum absolute atomic E-state index is 11.5. The van der Waals surface area contributed by atoms with Gasteiger partial charge < -0.3 is 4.74 Å². The highest BCUT2D eigenvalue weighted by molar-refractivity contribution is 7.09. The van der Waals surface area contributed by atoms with E-state index >= 15 is 0 Å². The number of ether oxygens (including phenoxy) is 1. The molecule has 0 spiro atoms. The van der Waals surface area contributed by atoms with Gasteiger partial charge in [-0.05, 0) is 6.92 Å². The molecule has 0 saturated heterocycles. The van der Waals surface area contributed by atoms with Crippen molar-refractivity contribution in [2.24, 2.45) is 5.41 Å². The van der Waals surface area contributed by atoms with Gasteiger partial charge in [0.1, 0.15) is 0 Å². The first-order valence-electron chi connectivity index (χ1n) is 5.39. The lowest BCUT2D eigenvalue weighted by atomic mass is 9.91. The summed E-state index contributed by atoms with van der Waals surface area (Å²) in [5, 5.41) is 2.74. The van der Waals surface area contributed by atoms with Crippen molar-refractivity contribution in [3.63, 3.8) is 0 Å². The van der Waals surface area contributed by atoms with Gasteiger partial charge in [-0.1, -0.05) is 20.8 Å². The summed E-state index contributed by atoms with van der Waals surface area (Å²) in [6, 6.07) is 0. The Hall–Kier alpha value is -1.23. The highest BCUT2D eigenvalue weighted by atomic mass is 32.1. The number of thiazole rings is 1. The smallest absolute Gasteiger partial charge is 0.312 e. The Bertz CT molecular complexity index is 418. The molecule has 0 aliphatic carbocycles. The lowest BCUT2D eigenvalue weighted by Crippen LogP contribution is -2.26. The Labute approximate surface area is 105 Å². The van der Waals surface area contributed by atoms with E-state index < -0.39 is 11.4 Å². The fourth-order valence-electron chi connectivity index (χ4n) is 1.05. The molecular formula is C12H17NO3S. The van der Waals surface area contributed by atoms with E-state index in [4.69, 9.17) is 4.74 Å². The lowest BCUT2D eigenvalue weighted by Gasteiger charge is -2.15. The fraction of sp³-hybridized carbons (Fsp3) is 0.583. The number of ketones is 1. The molecule has 0 fully saturated rings. The second kappa shape index (κ2) is 5.40. The molecule has 1 aromatic heterocycles. The fourth-order valence-corrected chi connectivity index (χ4v) is 1.66. The van der Waals surface area contributed by atoms with Gasteiger partial charge in [0.05, 0.1) is 17.1 Å². The maximum atomic E-state index is 11.5. The van der Waals surface area contributed by atoms with E-state index in [0.717, 1.165) is 5.01 Å². The average molecular weight is 255 g/mol. The maximum Gasteiger partial charge on any atom is 0.312 e. The van der Waals surface area contributed by atoms with Gasteiger partial charge in [-0.2, -0.15) is 0 Å². The number of Topliss-reactive ketones (excluding diaryl/α,β-unsaturated/α-hetero) is 1. The number of hydrogen-bond donors (Lipinski definition) is 0. The van der Waals surface area contributed by atoms with Crippen molar-refractivity contribution in [3.05, 3.63) is 16.1 Å². The summed E-state index contributed by atoms with van der Waals surface area (Å²) in [6.45, 7) is 7.11. The van der Waals surface area contributed by atoms with E-state index in [1.165, 1.54) is 11.3 Å². The van der Waals surface area contributed by atoms with Gasteiger partial charge in [-0.25, -0.2) is 4.98 Å². The van der Waals surface area contributed by atoms with Crippen molar-refractivity contribution in [2.45, 2.75) is 34.1 Å². The van der Waals surface area contributed by atoms with E-state index in [-0.39, 0.29) is 18.8 Å². The molecule has 0 saturated carbocycles. The third-order valence-corrected chi connectivity index (χ3v) is 3.02. The summed E-state index contributed by atoms with van der Waals surface area (Å²) in [5.41, 5.74) is 0.220. The van der Waals surface area contributed by atoms with Crippen LogP contribution in [0.2, 0.25) is 0 Å². The van der Waals surface area contributed by atoms with Gasteiger partial charge in [-0.15, -0.1) is 11.3 Å². The molecule has 0 aliphatic rings. The molecular weight excluding hydrogens is 238 g/mol. The largest absolute Gasteiger partial charge is 0.457 e. The number of hydrogen-bond acceptors (Lipinski definition) is 5. The molecule has 1 heterocycles. The molecule has 0 aliphatic heterocycles. The Morgan fingerprint density at radius 2 is 2.06 bits per heavy atom. The minimum atomic E-state index is -0.475. The average Bonchev–Trinajstić information content (AvgIpc) is 2.58. The molecule has 0 atom stereocenters. The third kappa shape index (κ3) is 4.65. The number of aromatic nitrogens is 1. The van der Waals surface area contributed by atoms with Crippen LogP contribution in [-0.2, 0) is 20.7 Å². The van der Waals surface area contributed by atoms with E-state index in [1.807, 2.05) is 12.3 Å². The summed E-state index contributed by atoms with van der Waals surface area (Å²) >= 11 is 1.49. The molecule has 0 unspecified atom stereocenters. The van der Waals surface area contributed by atoms with Crippen LogP contribution in [0.4, 0.5) is 0 Å². The normalized spacial score (nSPS) is 11.3. The van der Waals surface area contributed by atoms with Crippen molar-refractivity contribution >= 4 is 23.1 Å². The topological polar surface area (TPSA) is 56.3 Å². The first-order valence-corrected chi connectivity index (χ1v) is 6.27. The first-order chi connectivity index (χ1) is 7.79. The zero-order valence-corrected chi connectivity index (χ0v) is 11.4. The first kappa shape index (κ1) is 13.8. The van der Waals surface area contributed by atoms with Crippen LogP contribution in [-0.4, -0.2) is 23.3 Å². The lowest BCUT2D eigenvalue weighted by molar-refractivity contribution is -0.149. The SMILES string of the molecule is Cc1nc(CC(=O)OCC(=O)C(C)(C)C)cs1. The number of carbonyl (C=O) groups excluding carboxylic acids is 2. The number of carbonyl (C=O) groups is 2. The highest BCUT2D eigenvalue weighted by Crippen LogP contribution is 2.14. The predicted octanol–water partition coefficient (Wildman–Crippen LogP) is 2.15. The molecule has 4 nitrogen and oxygen atoms in total. The predicted molar refractivity (Wildman–Crippen MR) is 66.0 cm³/mol. The monoisotopic (exact) mass is 255 g/mol. The van der Waals surface area contributed by atoms with Crippen LogP contribution in [0.25, 0.3) is 0 Å². The molecule has 1 rings (SSSR count). The molecule has 1 aromatic rings. The van der Waals surface area contributed by atoms with Crippen LogP contribution in [0.1, 0.15) is 31.5 Å². The molecule has 0 bridgehead atoms. The van der Waals surface area contributed by atoms with Crippen LogP contribution in [0.5, 0.6) is 0 Å². The molecule has 17 heavy (non-hydrogen) atoms. The van der Waals surface area contributed by atoms with E-state index in [2.05, 4.69) is 4.98 Å². The van der Waals surface area contributed by atoms with Gasteiger partial charge in [0.2, 0.25) is 0 Å². The summed E-state index contributed by atoms with van der Waals surface area (Å²) < 4.78 is 4.92. The molecule has 5 heteroatoms. The Kier molecular flexibility index (Phi) is 4.40. The van der Waals surface area contributed by atoms with Gasteiger partial charge in [0, 0.05) is 10.8 Å². The van der Waals surface area contributed by atoms with Crippen LogP contribution in [0.15, 0.2) is 5.38 Å². The quantitative estimate of drug-likeness (QED) is 0.774. The van der Waals surface area contributed by atoms with E-state index in [1.54, 1.807) is 20.8 Å². The second-order valence-electron chi connectivity index (χ2n) is 4.87. The Balaban J connectivity index is 2.39. The van der Waals surface area contributed by atoms with Crippen LogP contribution in [0.3, 0.4) is 0 Å². The van der Waals surface area contributed by atoms with Gasteiger partial charge >= 0.3 is 5.97 Å². The van der Waals surface area contributed by atoms with Gasteiger partial charge in [-0.3, -0.25) is 9.59 Å². The summed E-state index contributed by atoms with van der Waals surface area (Å²) in [6.07, 6.45) is 0.127. The van der Waals surface area contributed by atoms with Crippen LogP contribution >= 0.6 is 11.3 Å². The van der Waals surface area contributed by atoms with Crippen molar-refractivity contribution in [3.8, 4) is 0 Å². The molecule has 94 valence electrons. The van der Waals surface area contributed by atoms with Crippen molar-refractivity contribution in [1.29, 1.82) is 0 Å². The minimum absolute atomic E-state index is 0.0830.